The van der Waals surface area contributed by atoms with Crippen LogP contribution in [0.4, 0.5) is 11.4 Å². The van der Waals surface area contributed by atoms with Crippen LogP contribution >= 0.6 is 11.8 Å². The molecule has 5 aromatic rings. The van der Waals surface area contributed by atoms with Crippen molar-refractivity contribution in [1.82, 2.24) is 0 Å². The first-order valence-electron chi connectivity index (χ1n) is 15.4. The number of anilines is 2. The Bertz CT molecular complexity index is 1850. The maximum Gasteiger partial charge on any atom is 0.196 e. The molecule has 45 heavy (non-hydrogen) atoms. The molecule has 0 atom stereocenters. The van der Waals surface area contributed by atoms with Gasteiger partial charge in [0.2, 0.25) is 0 Å². The van der Waals surface area contributed by atoms with Crippen LogP contribution in [0.2, 0.25) is 0 Å². The van der Waals surface area contributed by atoms with E-state index in [1.54, 1.807) is 12.1 Å². The molecule has 0 aliphatic heterocycles. The average molecular weight is 612 g/mol. The van der Waals surface area contributed by atoms with Gasteiger partial charge in [-0.15, -0.1) is 0 Å². The predicted molar refractivity (Wildman–Crippen MR) is 184 cm³/mol. The maximum absolute atomic E-state index is 13.9. The van der Waals surface area contributed by atoms with E-state index < -0.39 is 0 Å². The van der Waals surface area contributed by atoms with Crippen molar-refractivity contribution < 1.29 is 14.3 Å². The molecule has 0 saturated carbocycles. The van der Waals surface area contributed by atoms with Gasteiger partial charge >= 0.3 is 0 Å². The summed E-state index contributed by atoms with van der Waals surface area (Å²) in [4.78, 5) is 29.5. The maximum atomic E-state index is 13.9. The van der Waals surface area contributed by atoms with E-state index in [1.165, 1.54) is 22.9 Å². The third-order valence-corrected chi connectivity index (χ3v) is 9.15. The second-order valence-corrected chi connectivity index (χ2v) is 13.6. The van der Waals surface area contributed by atoms with Crippen LogP contribution in [0.5, 0.6) is 5.75 Å². The first-order valence-corrected chi connectivity index (χ1v) is 16.2. The van der Waals surface area contributed by atoms with Crippen molar-refractivity contribution in [2.75, 3.05) is 5.32 Å². The van der Waals surface area contributed by atoms with Crippen LogP contribution in [0.1, 0.15) is 82.6 Å². The molecule has 6 rings (SSSR count). The molecule has 0 amide bonds. The highest BCUT2D eigenvalue weighted by Gasteiger charge is 2.33. The summed E-state index contributed by atoms with van der Waals surface area (Å²) in [5.41, 5.74) is 7.05. The van der Waals surface area contributed by atoms with Crippen molar-refractivity contribution >= 4 is 34.7 Å². The number of benzene rings is 5. The van der Waals surface area contributed by atoms with Gasteiger partial charge in [0.15, 0.2) is 11.6 Å². The van der Waals surface area contributed by atoms with E-state index in [2.05, 4.69) is 69.4 Å². The molecule has 0 fully saturated rings. The number of nitrogens with one attached hydrogen (secondary N) is 1. The summed E-state index contributed by atoms with van der Waals surface area (Å²) < 4.78 is 6.04. The number of ketones is 2. The minimum Gasteiger partial charge on any atom is -0.489 e. The Morgan fingerprint density at radius 3 is 1.98 bits per heavy atom. The normalized spacial score (nSPS) is 12.4. The summed E-state index contributed by atoms with van der Waals surface area (Å²) in [6, 6.07) is 35.6. The fraction of sp³-hybridized carbons (Fsp3) is 0.200. The van der Waals surface area contributed by atoms with Crippen molar-refractivity contribution in [3.63, 3.8) is 0 Å². The molecule has 5 heteroatoms. The van der Waals surface area contributed by atoms with Gasteiger partial charge in [-0.25, -0.2) is 0 Å². The SMILES string of the molecule is CCCc1ccc(Nc2cccc3c2C(=O)c2cccc(Sc4ccc(OCc5ccc(C(C)(C)C)cc5)cc4)c2C3=O)cc1. The molecule has 0 spiro atoms. The Hall–Kier alpha value is -4.61. The fourth-order valence-corrected chi connectivity index (χ4v) is 6.57. The highest BCUT2D eigenvalue weighted by molar-refractivity contribution is 7.99. The quantitative estimate of drug-likeness (QED) is 0.176. The van der Waals surface area contributed by atoms with Crippen LogP contribution in [0, 0.1) is 0 Å². The zero-order chi connectivity index (χ0) is 31.6. The smallest absolute Gasteiger partial charge is 0.196 e. The number of ether oxygens (including phenoxy) is 1. The molecule has 4 nitrogen and oxygen atoms in total. The van der Waals surface area contributed by atoms with Crippen LogP contribution in [-0.2, 0) is 18.4 Å². The van der Waals surface area contributed by atoms with E-state index in [4.69, 9.17) is 4.74 Å². The first kappa shape index (κ1) is 30.4. The minimum absolute atomic E-state index is 0.118. The Morgan fingerprint density at radius 2 is 1.31 bits per heavy atom. The molecule has 0 saturated heterocycles. The number of fused-ring (bicyclic) bond motifs is 2. The summed E-state index contributed by atoms with van der Waals surface area (Å²) in [5.74, 6) is 0.490. The third-order valence-electron chi connectivity index (χ3n) is 8.08. The summed E-state index contributed by atoms with van der Waals surface area (Å²) >= 11 is 1.48. The Kier molecular flexibility index (Phi) is 8.64. The van der Waals surface area contributed by atoms with E-state index in [9.17, 15) is 9.59 Å². The van der Waals surface area contributed by atoms with E-state index in [0.717, 1.165) is 39.6 Å². The highest BCUT2D eigenvalue weighted by atomic mass is 32.2. The first-order chi connectivity index (χ1) is 21.7. The number of carbonyl (C=O) groups is 2. The molecule has 1 N–H and O–H groups in total. The van der Waals surface area contributed by atoms with Crippen LogP contribution in [0.25, 0.3) is 0 Å². The lowest BCUT2D eigenvalue weighted by Gasteiger charge is -2.22. The van der Waals surface area contributed by atoms with Gasteiger partial charge in [-0.2, -0.15) is 0 Å². The van der Waals surface area contributed by atoms with Gasteiger partial charge in [0.25, 0.3) is 0 Å². The van der Waals surface area contributed by atoms with Gasteiger partial charge in [0, 0.05) is 32.2 Å². The number of hydrogen-bond acceptors (Lipinski definition) is 5. The summed E-state index contributed by atoms with van der Waals surface area (Å²) in [7, 11) is 0. The van der Waals surface area contributed by atoms with Crippen molar-refractivity contribution in [2.24, 2.45) is 0 Å². The van der Waals surface area contributed by atoms with Crippen LogP contribution in [0.15, 0.2) is 119 Å². The van der Waals surface area contributed by atoms with Gasteiger partial charge in [0.1, 0.15) is 12.4 Å². The Labute approximate surface area is 269 Å². The topological polar surface area (TPSA) is 55.4 Å². The van der Waals surface area contributed by atoms with E-state index in [1.807, 2.05) is 60.7 Å². The van der Waals surface area contributed by atoms with Gasteiger partial charge in [-0.05, 0) is 77.1 Å². The van der Waals surface area contributed by atoms with Gasteiger partial charge in [-0.3, -0.25) is 9.59 Å². The molecular weight excluding hydrogens is 575 g/mol. The summed E-state index contributed by atoms with van der Waals surface area (Å²) in [6.45, 7) is 9.27. The molecule has 1 aliphatic rings. The monoisotopic (exact) mass is 611 g/mol. The second-order valence-electron chi connectivity index (χ2n) is 12.4. The zero-order valence-corrected chi connectivity index (χ0v) is 27.0. The van der Waals surface area contributed by atoms with E-state index in [-0.39, 0.29) is 17.0 Å². The second kappa shape index (κ2) is 12.8. The van der Waals surface area contributed by atoms with Crippen molar-refractivity contribution in [1.29, 1.82) is 0 Å². The number of rotatable bonds is 9. The van der Waals surface area contributed by atoms with Gasteiger partial charge in [-0.1, -0.05) is 107 Å². The largest absolute Gasteiger partial charge is 0.489 e. The molecule has 0 aromatic heterocycles. The molecule has 1 aliphatic carbocycles. The third kappa shape index (κ3) is 6.59. The fourth-order valence-electron chi connectivity index (χ4n) is 5.60. The van der Waals surface area contributed by atoms with Crippen LogP contribution in [-0.4, -0.2) is 11.6 Å². The molecule has 0 radical (unpaired) electrons. The number of aryl methyl sites for hydroxylation is 1. The molecular formula is C40H37NO3S. The Morgan fingerprint density at radius 1 is 0.689 bits per heavy atom. The molecule has 0 unspecified atom stereocenters. The van der Waals surface area contributed by atoms with E-state index >= 15 is 0 Å². The standard InChI is InChI=1S/C40H37NO3S/c1-5-8-26-15-19-29(20-16-26)41-34-11-6-9-32-36(34)38(42)33-10-7-12-35(37(33)39(32)43)45-31-23-21-30(22-24-31)44-25-27-13-17-28(18-14-27)40(2,3)4/h6-7,9-24,41H,5,8,25H2,1-4H3. The zero-order valence-electron chi connectivity index (χ0n) is 26.1. The Balaban J connectivity index is 1.18. The highest BCUT2D eigenvalue weighted by Crippen LogP contribution is 2.40. The predicted octanol–water partition coefficient (Wildman–Crippen LogP) is 10.2. The number of hydrogen-bond donors (Lipinski definition) is 1. The van der Waals surface area contributed by atoms with Crippen molar-refractivity contribution in [3.05, 3.63) is 148 Å². The molecule has 0 bridgehead atoms. The average Bonchev–Trinajstić information content (AvgIpc) is 3.04. The molecule has 5 aromatic carbocycles. The lowest BCUT2D eigenvalue weighted by atomic mass is 9.83. The minimum atomic E-state index is -0.146. The van der Waals surface area contributed by atoms with Gasteiger partial charge < -0.3 is 10.1 Å². The lowest BCUT2D eigenvalue weighted by Crippen LogP contribution is -2.23. The summed E-state index contributed by atoms with van der Waals surface area (Å²) in [6.07, 6.45) is 2.11. The van der Waals surface area contributed by atoms with Crippen molar-refractivity contribution in [3.8, 4) is 5.75 Å². The number of carbonyl (C=O) groups excluding carboxylic acids is 2. The molecule has 0 heterocycles. The van der Waals surface area contributed by atoms with Crippen molar-refractivity contribution in [2.45, 2.75) is 62.3 Å². The van der Waals surface area contributed by atoms with Gasteiger partial charge in [0.05, 0.1) is 11.3 Å². The summed E-state index contributed by atoms with van der Waals surface area (Å²) in [5, 5.41) is 3.38. The molecule has 226 valence electrons. The van der Waals surface area contributed by atoms with E-state index in [0.29, 0.717) is 34.5 Å². The van der Waals surface area contributed by atoms with Crippen LogP contribution in [0.3, 0.4) is 0 Å². The lowest BCUT2D eigenvalue weighted by molar-refractivity contribution is 0.0977. The van der Waals surface area contributed by atoms with Crippen LogP contribution < -0.4 is 10.1 Å².